The number of nitrogens with one attached hydrogen (secondary N) is 1. The predicted octanol–water partition coefficient (Wildman–Crippen LogP) is 0.713. The van der Waals surface area contributed by atoms with Crippen molar-refractivity contribution >= 4 is 5.82 Å². The number of hydrogen-bond donors (Lipinski definition) is 2. The first-order chi connectivity index (χ1) is 6.97. The summed E-state index contributed by atoms with van der Waals surface area (Å²) in [5.74, 6) is -0.902. The summed E-state index contributed by atoms with van der Waals surface area (Å²) in [6.45, 7) is -0.880. The van der Waals surface area contributed by atoms with Gasteiger partial charge in [0.1, 0.15) is 5.56 Å². The molecule has 0 aliphatic rings. The average molecular weight is 220 g/mol. The third-order valence-electron chi connectivity index (χ3n) is 1.71. The van der Waals surface area contributed by atoms with Crippen LogP contribution in [-0.4, -0.2) is 15.0 Å². The predicted molar refractivity (Wildman–Crippen MR) is 44.6 cm³/mol. The van der Waals surface area contributed by atoms with Gasteiger partial charge in [0.2, 0.25) is 0 Å². The van der Waals surface area contributed by atoms with Crippen LogP contribution in [0.2, 0.25) is 0 Å². The second-order valence-corrected chi connectivity index (χ2v) is 2.63. The Morgan fingerprint density at radius 2 is 2.20 bits per heavy atom. The third kappa shape index (κ3) is 2.15. The van der Waals surface area contributed by atoms with Crippen LogP contribution in [0.15, 0.2) is 10.9 Å². The number of aliphatic hydroxyl groups is 1. The summed E-state index contributed by atoms with van der Waals surface area (Å²) in [6.07, 6.45) is -3.01. The molecule has 0 bridgehead atoms. The Morgan fingerprint density at radius 3 is 2.60 bits per heavy atom. The number of nitro groups is 1. The van der Waals surface area contributed by atoms with Crippen molar-refractivity contribution in [3.63, 3.8) is 0 Å². The van der Waals surface area contributed by atoms with E-state index in [-0.39, 0.29) is 0 Å². The maximum absolute atomic E-state index is 12.2. The van der Waals surface area contributed by atoms with Crippen LogP contribution in [0.25, 0.3) is 0 Å². The van der Waals surface area contributed by atoms with E-state index in [0.717, 1.165) is 0 Å². The van der Waals surface area contributed by atoms with Crippen molar-refractivity contribution in [1.82, 2.24) is 4.98 Å². The maximum Gasteiger partial charge on any atom is 0.330 e. The van der Waals surface area contributed by atoms with Gasteiger partial charge in [-0.1, -0.05) is 0 Å². The lowest BCUT2D eigenvalue weighted by Crippen LogP contribution is -2.15. The van der Waals surface area contributed by atoms with Crippen molar-refractivity contribution in [3.05, 3.63) is 37.7 Å². The summed E-state index contributed by atoms with van der Waals surface area (Å²) in [7, 11) is 0. The molecule has 0 fully saturated rings. The van der Waals surface area contributed by atoms with E-state index in [1.165, 1.54) is 0 Å². The highest BCUT2D eigenvalue weighted by Gasteiger charge is 2.21. The summed E-state index contributed by atoms with van der Waals surface area (Å²) in [5.41, 5.74) is -2.37. The summed E-state index contributed by atoms with van der Waals surface area (Å²) < 4.78 is 24.3. The van der Waals surface area contributed by atoms with Gasteiger partial charge in [0, 0.05) is 6.07 Å². The Balaban J connectivity index is 3.46. The zero-order chi connectivity index (χ0) is 11.6. The number of halogens is 2. The van der Waals surface area contributed by atoms with Crippen LogP contribution in [0, 0.1) is 10.1 Å². The Kier molecular flexibility index (Phi) is 3.10. The van der Waals surface area contributed by atoms with E-state index in [4.69, 9.17) is 5.11 Å². The van der Waals surface area contributed by atoms with Gasteiger partial charge in [-0.2, -0.15) is 0 Å². The molecule has 1 aromatic rings. The first-order valence-corrected chi connectivity index (χ1v) is 3.77. The molecule has 0 aromatic carbocycles. The molecule has 0 atom stereocenters. The molecule has 82 valence electrons. The molecule has 0 saturated carbocycles. The lowest BCUT2D eigenvalue weighted by atomic mass is 10.2. The lowest BCUT2D eigenvalue weighted by molar-refractivity contribution is -0.390. The molecule has 0 spiro atoms. The average Bonchev–Trinajstić information content (AvgIpc) is 2.16. The van der Waals surface area contributed by atoms with Crippen LogP contribution in [0.3, 0.4) is 0 Å². The smallest absolute Gasteiger partial charge is 0.330 e. The molecule has 8 heteroatoms. The van der Waals surface area contributed by atoms with Crippen molar-refractivity contribution in [2.75, 3.05) is 0 Å². The molecule has 0 aliphatic carbocycles. The van der Waals surface area contributed by atoms with E-state index in [1.807, 2.05) is 0 Å². The number of hydrogen-bond acceptors (Lipinski definition) is 4. The van der Waals surface area contributed by atoms with E-state index in [2.05, 4.69) is 0 Å². The highest BCUT2D eigenvalue weighted by atomic mass is 19.3. The van der Waals surface area contributed by atoms with Crippen molar-refractivity contribution in [2.24, 2.45) is 0 Å². The van der Waals surface area contributed by atoms with E-state index >= 15 is 0 Å². The molecule has 1 aromatic heterocycles. The minimum atomic E-state index is -3.01. The zero-order valence-corrected chi connectivity index (χ0v) is 7.24. The number of nitrogens with zero attached hydrogens (tertiary/aromatic N) is 1. The van der Waals surface area contributed by atoms with Crippen molar-refractivity contribution in [3.8, 4) is 0 Å². The third-order valence-corrected chi connectivity index (χ3v) is 1.71. The zero-order valence-electron chi connectivity index (χ0n) is 7.24. The van der Waals surface area contributed by atoms with E-state index in [0.29, 0.717) is 6.07 Å². The Bertz CT molecular complexity index is 443. The minimum Gasteiger partial charge on any atom is -0.391 e. The Labute approximate surface area is 81.3 Å². The highest BCUT2D eigenvalue weighted by Crippen LogP contribution is 2.19. The molecule has 6 nitrogen and oxygen atoms in total. The first-order valence-electron chi connectivity index (χ1n) is 3.77. The number of pyridine rings is 1. The molecule has 0 saturated heterocycles. The number of H-pyrrole nitrogens is 1. The topological polar surface area (TPSA) is 96.2 Å². The largest absolute Gasteiger partial charge is 0.391 e. The van der Waals surface area contributed by atoms with Crippen molar-refractivity contribution in [1.29, 1.82) is 0 Å². The van der Waals surface area contributed by atoms with E-state index in [1.54, 1.807) is 4.98 Å². The second-order valence-electron chi connectivity index (χ2n) is 2.63. The highest BCUT2D eigenvalue weighted by molar-refractivity contribution is 5.33. The van der Waals surface area contributed by atoms with Crippen molar-refractivity contribution < 1.29 is 18.8 Å². The van der Waals surface area contributed by atoms with Gasteiger partial charge < -0.3 is 15.2 Å². The minimum absolute atomic E-state index is 0.531. The van der Waals surface area contributed by atoms with Crippen molar-refractivity contribution in [2.45, 2.75) is 13.0 Å². The van der Waals surface area contributed by atoms with Gasteiger partial charge in [-0.15, -0.1) is 0 Å². The van der Waals surface area contributed by atoms with Gasteiger partial charge in [-0.3, -0.25) is 4.79 Å². The lowest BCUT2D eigenvalue weighted by Gasteiger charge is -2.02. The van der Waals surface area contributed by atoms with Crippen LogP contribution in [0.5, 0.6) is 0 Å². The molecule has 15 heavy (non-hydrogen) atoms. The summed E-state index contributed by atoms with van der Waals surface area (Å²) >= 11 is 0. The molecular weight excluding hydrogens is 214 g/mol. The van der Waals surface area contributed by atoms with Gasteiger partial charge in [0.05, 0.1) is 6.61 Å². The molecule has 0 unspecified atom stereocenters. The molecule has 0 aliphatic heterocycles. The van der Waals surface area contributed by atoms with Gasteiger partial charge >= 0.3 is 5.82 Å². The number of aromatic nitrogens is 1. The summed E-state index contributed by atoms with van der Waals surface area (Å²) in [6, 6.07) is 0.531. The monoisotopic (exact) mass is 220 g/mol. The molecule has 2 N–H and O–H groups in total. The van der Waals surface area contributed by atoms with Crippen LogP contribution >= 0.6 is 0 Å². The Hall–Kier alpha value is -1.83. The van der Waals surface area contributed by atoms with E-state index < -0.39 is 40.5 Å². The van der Waals surface area contributed by atoms with Crippen LogP contribution in [-0.2, 0) is 6.61 Å². The maximum atomic E-state index is 12.2. The Morgan fingerprint density at radius 1 is 1.60 bits per heavy atom. The standard InChI is InChI=1S/C7H6F2N2O4/c8-6(9)4-1-5(13)3(2-12)7(10-4)11(14)15/h1,6,12H,2H2,(H,10,13). The normalized spacial score (nSPS) is 10.7. The SMILES string of the molecule is O=c1cc(C(F)F)[nH]c([N+](=O)[O-])c1CO. The number of alkyl halides is 2. The molecular formula is C7H6F2N2O4. The van der Waals surface area contributed by atoms with Gasteiger partial charge in [0.25, 0.3) is 6.43 Å². The number of rotatable bonds is 3. The van der Waals surface area contributed by atoms with E-state index in [9.17, 15) is 23.7 Å². The molecule has 0 amide bonds. The molecule has 0 radical (unpaired) electrons. The summed E-state index contributed by atoms with van der Waals surface area (Å²) in [5, 5.41) is 19.1. The van der Waals surface area contributed by atoms with Crippen LogP contribution in [0.4, 0.5) is 14.6 Å². The first kappa shape index (κ1) is 11.2. The summed E-state index contributed by atoms with van der Waals surface area (Å²) in [4.78, 5) is 22.2. The fourth-order valence-corrected chi connectivity index (χ4v) is 1.02. The fourth-order valence-electron chi connectivity index (χ4n) is 1.02. The molecule has 1 rings (SSSR count). The number of aliphatic hydroxyl groups excluding tert-OH is 1. The van der Waals surface area contributed by atoms with Gasteiger partial charge in [0.15, 0.2) is 11.1 Å². The second kappa shape index (κ2) is 4.13. The van der Waals surface area contributed by atoms with Gasteiger partial charge in [-0.05, 0) is 4.92 Å². The van der Waals surface area contributed by atoms with Gasteiger partial charge in [-0.25, -0.2) is 13.8 Å². The quantitative estimate of drug-likeness (QED) is 0.579. The number of aromatic amines is 1. The molecule has 1 heterocycles. The fraction of sp³-hybridized carbons (Fsp3) is 0.286. The van der Waals surface area contributed by atoms with Crippen LogP contribution < -0.4 is 5.43 Å². The van der Waals surface area contributed by atoms with Crippen LogP contribution in [0.1, 0.15) is 17.7 Å².